The van der Waals surface area contributed by atoms with Crippen LogP contribution in [0.5, 0.6) is 0 Å². The van der Waals surface area contributed by atoms with Crippen molar-refractivity contribution in [1.82, 2.24) is 14.9 Å². The number of anilines is 1. The fourth-order valence-electron chi connectivity index (χ4n) is 2.25. The minimum absolute atomic E-state index is 0.0483. The van der Waals surface area contributed by atoms with Crippen LogP contribution in [0.3, 0.4) is 0 Å². The molecule has 6 nitrogen and oxygen atoms in total. The third-order valence-corrected chi connectivity index (χ3v) is 3.21. The van der Waals surface area contributed by atoms with Gasteiger partial charge in [0.25, 0.3) is 0 Å². The summed E-state index contributed by atoms with van der Waals surface area (Å²) in [7, 11) is 0. The first-order chi connectivity index (χ1) is 9.11. The lowest BCUT2D eigenvalue weighted by Gasteiger charge is -2.25. The number of amides is 2. The van der Waals surface area contributed by atoms with Crippen molar-refractivity contribution in [2.45, 2.75) is 39.2 Å². The Bertz CT molecular complexity index is 489. The highest BCUT2D eigenvalue weighted by atomic mass is 16.2. The number of aromatic nitrogens is 2. The quantitative estimate of drug-likeness (QED) is 0.882. The maximum atomic E-state index is 12.2. The summed E-state index contributed by atoms with van der Waals surface area (Å²) in [4.78, 5) is 33.7. The van der Waals surface area contributed by atoms with E-state index in [-0.39, 0.29) is 17.8 Å². The van der Waals surface area contributed by atoms with Crippen LogP contribution in [0.15, 0.2) is 12.3 Å². The zero-order valence-corrected chi connectivity index (χ0v) is 11.2. The third-order valence-electron chi connectivity index (χ3n) is 3.21. The van der Waals surface area contributed by atoms with Crippen LogP contribution < -0.4 is 5.32 Å². The first-order valence-corrected chi connectivity index (χ1v) is 6.51. The van der Waals surface area contributed by atoms with Gasteiger partial charge in [0.05, 0.1) is 0 Å². The second-order valence-electron chi connectivity index (χ2n) is 4.63. The average molecular weight is 262 g/mol. The molecule has 1 aliphatic heterocycles. The molecule has 1 saturated heterocycles. The molecule has 1 N–H and O–H groups in total. The molecular formula is C13H18N4O2. The van der Waals surface area contributed by atoms with E-state index >= 15 is 0 Å². The van der Waals surface area contributed by atoms with Gasteiger partial charge in [-0.2, -0.15) is 0 Å². The Balaban J connectivity index is 2.07. The number of hydrogen-bond donors (Lipinski definition) is 1. The molecule has 1 aromatic rings. The summed E-state index contributed by atoms with van der Waals surface area (Å²) in [5.41, 5.74) is 0.788. The standard InChI is InChI=1S/C13H18N4O2/c1-3-10(17-8-4-5-11(17)18)12(19)16-13-14-7-6-9(2)15-13/h6-7,10H,3-5,8H2,1-2H3,(H,14,15,16,19). The minimum Gasteiger partial charge on any atom is -0.331 e. The van der Waals surface area contributed by atoms with Crippen LogP contribution in [0.4, 0.5) is 5.95 Å². The normalized spacial score (nSPS) is 16.5. The first-order valence-electron chi connectivity index (χ1n) is 6.51. The molecule has 1 fully saturated rings. The molecule has 0 spiro atoms. The van der Waals surface area contributed by atoms with Crippen molar-refractivity contribution in [3.8, 4) is 0 Å². The lowest BCUT2D eigenvalue weighted by Crippen LogP contribution is -2.44. The van der Waals surface area contributed by atoms with Crippen LogP contribution >= 0.6 is 0 Å². The van der Waals surface area contributed by atoms with Crippen molar-refractivity contribution in [1.29, 1.82) is 0 Å². The van der Waals surface area contributed by atoms with Gasteiger partial charge >= 0.3 is 0 Å². The SMILES string of the molecule is CCC(C(=O)Nc1nccc(C)n1)N1CCCC1=O. The number of nitrogens with zero attached hydrogens (tertiary/aromatic N) is 3. The molecule has 0 radical (unpaired) electrons. The number of carbonyl (C=O) groups excluding carboxylic acids is 2. The number of aryl methyl sites for hydroxylation is 1. The van der Waals surface area contributed by atoms with Gasteiger partial charge in [-0.05, 0) is 25.8 Å². The Labute approximate surface area is 112 Å². The van der Waals surface area contributed by atoms with E-state index in [4.69, 9.17) is 0 Å². The van der Waals surface area contributed by atoms with Gasteiger partial charge in [0.2, 0.25) is 17.8 Å². The first kappa shape index (κ1) is 13.5. The van der Waals surface area contributed by atoms with E-state index in [1.165, 1.54) is 0 Å². The van der Waals surface area contributed by atoms with Gasteiger partial charge in [-0.3, -0.25) is 14.9 Å². The van der Waals surface area contributed by atoms with Gasteiger partial charge < -0.3 is 4.90 Å². The van der Waals surface area contributed by atoms with E-state index in [1.54, 1.807) is 17.2 Å². The number of rotatable bonds is 4. The Morgan fingerprint density at radius 3 is 2.95 bits per heavy atom. The van der Waals surface area contributed by atoms with E-state index in [0.29, 0.717) is 19.4 Å². The summed E-state index contributed by atoms with van der Waals surface area (Å²) in [6, 6.07) is 1.33. The predicted octanol–water partition coefficient (Wildman–Crippen LogP) is 1.12. The molecule has 0 aromatic carbocycles. The third kappa shape index (κ3) is 3.07. The summed E-state index contributed by atoms with van der Waals surface area (Å²) >= 11 is 0. The lowest BCUT2D eigenvalue weighted by molar-refractivity contribution is -0.135. The molecule has 2 amide bonds. The van der Waals surface area contributed by atoms with E-state index < -0.39 is 6.04 Å². The summed E-state index contributed by atoms with van der Waals surface area (Å²) in [5, 5.41) is 2.68. The smallest absolute Gasteiger partial charge is 0.249 e. The molecule has 0 bridgehead atoms. The molecule has 1 unspecified atom stereocenters. The Kier molecular flexibility index (Phi) is 4.09. The average Bonchev–Trinajstić information content (AvgIpc) is 2.77. The largest absolute Gasteiger partial charge is 0.331 e. The zero-order valence-electron chi connectivity index (χ0n) is 11.2. The molecule has 0 saturated carbocycles. The van der Waals surface area contributed by atoms with Crippen molar-refractivity contribution in [2.24, 2.45) is 0 Å². The highest BCUT2D eigenvalue weighted by Crippen LogP contribution is 2.16. The second-order valence-corrected chi connectivity index (χ2v) is 4.63. The summed E-state index contributed by atoms with van der Waals surface area (Å²) in [5.74, 6) is 0.116. The van der Waals surface area contributed by atoms with Gasteiger partial charge in [-0.25, -0.2) is 9.97 Å². The van der Waals surface area contributed by atoms with E-state index in [9.17, 15) is 9.59 Å². The molecule has 2 heterocycles. The Morgan fingerprint density at radius 1 is 1.58 bits per heavy atom. The number of carbonyl (C=O) groups is 2. The van der Waals surface area contributed by atoms with Crippen LogP contribution in [-0.4, -0.2) is 39.3 Å². The fourth-order valence-corrected chi connectivity index (χ4v) is 2.25. The molecular weight excluding hydrogens is 244 g/mol. The number of hydrogen-bond acceptors (Lipinski definition) is 4. The lowest BCUT2D eigenvalue weighted by atomic mass is 10.2. The van der Waals surface area contributed by atoms with Crippen molar-refractivity contribution in [3.63, 3.8) is 0 Å². The van der Waals surface area contributed by atoms with Crippen LogP contribution in [0.25, 0.3) is 0 Å². The van der Waals surface area contributed by atoms with Crippen LogP contribution in [-0.2, 0) is 9.59 Å². The zero-order chi connectivity index (χ0) is 13.8. The minimum atomic E-state index is -0.431. The van der Waals surface area contributed by atoms with Crippen LogP contribution in [0.2, 0.25) is 0 Å². The van der Waals surface area contributed by atoms with Gasteiger partial charge in [-0.15, -0.1) is 0 Å². The van der Waals surface area contributed by atoms with E-state index in [2.05, 4.69) is 15.3 Å². The summed E-state index contributed by atoms with van der Waals surface area (Å²) in [6.07, 6.45) is 3.54. The molecule has 102 valence electrons. The molecule has 1 aromatic heterocycles. The van der Waals surface area contributed by atoms with Gasteiger partial charge in [-0.1, -0.05) is 6.92 Å². The van der Waals surface area contributed by atoms with Gasteiger partial charge in [0, 0.05) is 24.9 Å². The highest BCUT2D eigenvalue weighted by Gasteiger charge is 2.31. The van der Waals surface area contributed by atoms with E-state index in [0.717, 1.165) is 12.1 Å². The van der Waals surface area contributed by atoms with Gasteiger partial charge in [0.15, 0.2) is 0 Å². The fraction of sp³-hybridized carbons (Fsp3) is 0.538. The summed E-state index contributed by atoms with van der Waals surface area (Å²) in [6.45, 7) is 4.38. The monoisotopic (exact) mass is 262 g/mol. The maximum Gasteiger partial charge on any atom is 0.249 e. The topological polar surface area (TPSA) is 75.2 Å². The van der Waals surface area contributed by atoms with Crippen LogP contribution in [0.1, 0.15) is 31.9 Å². The van der Waals surface area contributed by atoms with Crippen LogP contribution in [0, 0.1) is 6.92 Å². The Hall–Kier alpha value is -1.98. The number of nitrogens with one attached hydrogen (secondary N) is 1. The van der Waals surface area contributed by atoms with Crippen molar-refractivity contribution in [2.75, 3.05) is 11.9 Å². The van der Waals surface area contributed by atoms with Crippen molar-refractivity contribution >= 4 is 17.8 Å². The van der Waals surface area contributed by atoms with Crippen molar-refractivity contribution < 1.29 is 9.59 Å². The maximum absolute atomic E-state index is 12.2. The predicted molar refractivity (Wildman–Crippen MR) is 70.4 cm³/mol. The second kappa shape index (κ2) is 5.77. The van der Waals surface area contributed by atoms with Gasteiger partial charge in [0.1, 0.15) is 6.04 Å². The van der Waals surface area contributed by atoms with Crippen molar-refractivity contribution in [3.05, 3.63) is 18.0 Å². The summed E-state index contributed by atoms with van der Waals surface area (Å²) < 4.78 is 0. The highest BCUT2D eigenvalue weighted by molar-refractivity contribution is 5.96. The molecule has 0 aliphatic carbocycles. The molecule has 1 atom stereocenters. The number of likely N-dealkylation sites (tertiary alicyclic amines) is 1. The molecule has 6 heteroatoms. The van der Waals surface area contributed by atoms with E-state index in [1.807, 2.05) is 13.8 Å². The molecule has 2 rings (SSSR count). The molecule has 19 heavy (non-hydrogen) atoms. The molecule has 1 aliphatic rings. The Morgan fingerprint density at radius 2 is 2.37 bits per heavy atom.